The molecule has 2 aliphatic heterocycles. The molecular weight excluding hydrogens is 537 g/mol. The number of carbonyl (C=O) groups is 1. The Kier molecular flexibility index (Phi) is 6.82. The number of nitrogens with zero attached hydrogens (tertiary/aromatic N) is 5. The summed E-state index contributed by atoms with van der Waals surface area (Å²) in [6.45, 7) is 5.05. The number of carbonyl (C=O) groups excluding carboxylic acids is 1. The number of ether oxygens (including phenoxy) is 1. The summed E-state index contributed by atoms with van der Waals surface area (Å²) in [7, 11) is 2.05. The topological polar surface area (TPSA) is 99.3 Å². The number of aromatic nitrogens is 4. The van der Waals surface area contributed by atoms with Crippen LogP contribution in [0.3, 0.4) is 0 Å². The van der Waals surface area contributed by atoms with Crippen molar-refractivity contribution >= 4 is 45.8 Å². The first kappa shape index (κ1) is 25.9. The molecule has 11 heteroatoms. The van der Waals surface area contributed by atoms with Crippen LogP contribution in [0, 0.1) is 0 Å². The Morgan fingerprint density at radius 3 is 2.51 bits per heavy atom. The SMILES string of the molecule is CC(Oc1ccc2[nH]nc(-c3ccc(N4CCC5(CC4)C(=O)NCCN5C)nc3)c2c1)c1c(Cl)cncc1Cl. The minimum Gasteiger partial charge on any atom is -0.486 e. The smallest absolute Gasteiger partial charge is 0.240 e. The maximum Gasteiger partial charge on any atom is 0.240 e. The van der Waals surface area contributed by atoms with Crippen LogP contribution in [0.5, 0.6) is 5.75 Å². The van der Waals surface area contributed by atoms with Crippen LogP contribution in [0.15, 0.2) is 48.9 Å². The number of fused-ring (bicyclic) bond motifs is 1. The van der Waals surface area contributed by atoms with E-state index in [9.17, 15) is 4.79 Å². The monoisotopic (exact) mass is 565 g/mol. The van der Waals surface area contributed by atoms with Crippen LogP contribution in [0.25, 0.3) is 22.2 Å². The Balaban J connectivity index is 1.19. The summed E-state index contributed by atoms with van der Waals surface area (Å²) in [5.41, 5.74) is 2.87. The number of hydrogen-bond donors (Lipinski definition) is 2. The van der Waals surface area contributed by atoms with Gasteiger partial charge in [-0.15, -0.1) is 0 Å². The van der Waals surface area contributed by atoms with Crippen molar-refractivity contribution in [2.45, 2.75) is 31.4 Å². The molecule has 39 heavy (non-hydrogen) atoms. The van der Waals surface area contributed by atoms with Crippen LogP contribution < -0.4 is 15.0 Å². The van der Waals surface area contributed by atoms with Crippen molar-refractivity contribution in [1.29, 1.82) is 0 Å². The highest BCUT2D eigenvalue weighted by atomic mass is 35.5. The third kappa shape index (κ3) is 4.68. The van der Waals surface area contributed by atoms with Crippen molar-refractivity contribution in [3.8, 4) is 17.0 Å². The number of piperazine rings is 1. The van der Waals surface area contributed by atoms with Crippen molar-refractivity contribution in [2.75, 3.05) is 38.1 Å². The van der Waals surface area contributed by atoms with Gasteiger partial charge in [0.2, 0.25) is 5.91 Å². The number of amides is 1. The second-order valence-electron chi connectivity index (χ2n) is 10.2. The van der Waals surface area contributed by atoms with E-state index < -0.39 is 5.54 Å². The van der Waals surface area contributed by atoms with Crippen molar-refractivity contribution in [3.63, 3.8) is 0 Å². The van der Waals surface area contributed by atoms with Crippen LogP contribution in [0.2, 0.25) is 10.0 Å². The molecule has 1 atom stereocenters. The minimum atomic E-state index is -0.409. The lowest BCUT2D eigenvalue weighted by Crippen LogP contribution is -2.66. The number of anilines is 1. The molecule has 2 aliphatic rings. The lowest BCUT2D eigenvalue weighted by Gasteiger charge is -2.48. The first-order valence-electron chi connectivity index (χ1n) is 13.0. The summed E-state index contributed by atoms with van der Waals surface area (Å²) in [4.78, 5) is 25.9. The van der Waals surface area contributed by atoms with Crippen molar-refractivity contribution < 1.29 is 9.53 Å². The largest absolute Gasteiger partial charge is 0.486 e. The summed E-state index contributed by atoms with van der Waals surface area (Å²) >= 11 is 12.6. The molecule has 202 valence electrons. The van der Waals surface area contributed by atoms with E-state index >= 15 is 0 Å². The van der Waals surface area contributed by atoms with Gasteiger partial charge in [-0.25, -0.2) is 4.98 Å². The summed E-state index contributed by atoms with van der Waals surface area (Å²) in [5.74, 6) is 1.72. The van der Waals surface area contributed by atoms with Crippen LogP contribution in [0.4, 0.5) is 5.82 Å². The number of halogens is 2. The summed E-state index contributed by atoms with van der Waals surface area (Å²) < 4.78 is 6.20. The molecule has 0 bridgehead atoms. The molecule has 1 aromatic carbocycles. The maximum absolute atomic E-state index is 12.7. The highest BCUT2D eigenvalue weighted by molar-refractivity contribution is 6.35. The minimum absolute atomic E-state index is 0.148. The fraction of sp³-hybridized carbons (Fsp3) is 0.357. The van der Waals surface area contributed by atoms with Gasteiger partial charge < -0.3 is 15.0 Å². The number of rotatable bonds is 5. The predicted molar refractivity (Wildman–Crippen MR) is 152 cm³/mol. The van der Waals surface area contributed by atoms with Gasteiger partial charge in [-0.1, -0.05) is 23.2 Å². The van der Waals surface area contributed by atoms with E-state index in [0.717, 1.165) is 60.5 Å². The number of likely N-dealkylation sites (N-methyl/N-ethyl adjacent to an activating group) is 1. The zero-order chi connectivity index (χ0) is 27.1. The lowest BCUT2D eigenvalue weighted by atomic mass is 9.83. The molecule has 2 N–H and O–H groups in total. The van der Waals surface area contributed by atoms with Gasteiger partial charge in [0, 0.05) is 61.3 Å². The van der Waals surface area contributed by atoms with Gasteiger partial charge in [-0.2, -0.15) is 5.10 Å². The van der Waals surface area contributed by atoms with Gasteiger partial charge in [-0.3, -0.25) is 19.8 Å². The second-order valence-corrected chi connectivity index (χ2v) is 11.0. The highest BCUT2D eigenvalue weighted by Crippen LogP contribution is 2.36. The molecule has 4 aromatic rings. The first-order chi connectivity index (χ1) is 18.9. The van der Waals surface area contributed by atoms with Crippen molar-refractivity contribution in [2.24, 2.45) is 0 Å². The molecule has 5 heterocycles. The Morgan fingerprint density at radius 1 is 1.05 bits per heavy atom. The molecule has 6 rings (SSSR count). The van der Waals surface area contributed by atoms with Crippen LogP contribution >= 0.6 is 23.2 Å². The zero-order valence-electron chi connectivity index (χ0n) is 21.7. The predicted octanol–water partition coefficient (Wildman–Crippen LogP) is 4.87. The number of pyridine rings is 2. The zero-order valence-corrected chi connectivity index (χ0v) is 23.3. The van der Waals surface area contributed by atoms with E-state index in [4.69, 9.17) is 32.9 Å². The Labute approximate surface area is 236 Å². The number of piperidine rings is 1. The molecule has 0 aliphatic carbocycles. The average molecular weight is 566 g/mol. The van der Waals surface area contributed by atoms with Gasteiger partial charge in [0.25, 0.3) is 0 Å². The van der Waals surface area contributed by atoms with Crippen molar-refractivity contribution in [3.05, 3.63) is 64.5 Å². The summed E-state index contributed by atoms with van der Waals surface area (Å²) in [6, 6.07) is 9.84. The Bertz CT molecular complexity index is 1500. The molecule has 1 amide bonds. The molecule has 1 spiro atoms. The number of benzene rings is 1. The standard InChI is InChI=1S/C28H29Cl2N7O2/c1-17(25-21(29)15-31-16-22(25)30)39-19-4-5-23-20(13-19)26(35-34-23)18-3-6-24(33-14-18)37-10-7-28(8-11-37)27(38)32-9-12-36(28)2/h3-6,13-17H,7-12H2,1-2H3,(H,32,38)(H,34,35). The van der Waals surface area contributed by atoms with Crippen LogP contribution in [-0.2, 0) is 4.79 Å². The third-order valence-electron chi connectivity index (χ3n) is 7.97. The van der Waals surface area contributed by atoms with Gasteiger partial charge in [0.15, 0.2) is 0 Å². The number of hydrogen-bond acceptors (Lipinski definition) is 7. The molecule has 1 unspecified atom stereocenters. The number of nitrogens with one attached hydrogen (secondary N) is 2. The number of aromatic amines is 1. The Morgan fingerprint density at radius 2 is 1.82 bits per heavy atom. The quantitative estimate of drug-likeness (QED) is 0.356. The lowest BCUT2D eigenvalue weighted by molar-refractivity contribution is -0.137. The molecule has 2 fully saturated rings. The normalized spacial score (nSPS) is 18.4. The van der Waals surface area contributed by atoms with Gasteiger partial charge in [0.05, 0.1) is 15.6 Å². The van der Waals surface area contributed by atoms with Crippen molar-refractivity contribution in [1.82, 2.24) is 30.4 Å². The first-order valence-corrected chi connectivity index (χ1v) is 13.8. The van der Waals surface area contributed by atoms with Crippen LogP contribution in [-0.4, -0.2) is 69.7 Å². The fourth-order valence-electron chi connectivity index (χ4n) is 5.68. The van der Waals surface area contributed by atoms with Gasteiger partial charge in [-0.05, 0) is 57.1 Å². The fourth-order valence-corrected chi connectivity index (χ4v) is 6.35. The van der Waals surface area contributed by atoms with E-state index in [1.165, 1.54) is 0 Å². The molecule has 0 saturated carbocycles. The molecule has 2 saturated heterocycles. The third-order valence-corrected chi connectivity index (χ3v) is 8.57. The van der Waals surface area contributed by atoms with E-state index in [1.807, 2.05) is 43.5 Å². The Hall–Kier alpha value is -3.40. The summed E-state index contributed by atoms with van der Waals surface area (Å²) in [6.07, 6.45) is 6.15. The number of H-pyrrole nitrogens is 1. The van der Waals surface area contributed by atoms with E-state index in [1.54, 1.807) is 12.4 Å². The van der Waals surface area contributed by atoms with Gasteiger partial charge >= 0.3 is 0 Å². The maximum atomic E-state index is 12.7. The molecular formula is C28H29Cl2N7O2. The van der Waals surface area contributed by atoms with E-state index in [2.05, 4.69) is 37.3 Å². The van der Waals surface area contributed by atoms with E-state index in [0.29, 0.717) is 27.9 Å². The molecule has 0 radical (unpaired) electrons. The highest BCUT2D eigenvalue weighted by Gasteiger charge is 2.46. The van der Waals surface area contributed by atoms with Gasteiger partial charge in [0.1, 0.15) is 28.9 Å². The average Bonchev–Trinajstić information content (AvgIpc) is 3.35. The second kappa shape index (κ2) is 10.3. The molecule has 9 nitrogen and oxygen atoms in total. The van der Waals surface area contributed by atoms with E-state index in [-0.39, 0.29) is 12.0 Å². The molecule has 3 aromatic heterocycles. The van der Waals surface area contributed by atoms with Crippen LogP contribution in [0.1, 0.15) is 31.4 Å². The summed E-state index contributed by atoms with van der Waals surface area (Å²) in [5, 5.41) is 12.5.